The molecule has 1 aromatic heterocycles. The molecule has 1 heterocycles. The molecule has 1 rings (SSSR count). The summed E-state index contributed by atoms with van der Waals surface area (Å²) in [6.07, 6.45) is 14.7. The molecule has 0 N–H and O–H groups in total. The fraction of sp³-hybridized carbons (Fsp3) is 0.125. The van der Waals surface area contributed by atoms with E-state index in [9.17, 15) is 0 Å². The molecule has 19 heavy (non-hydrogen) atoms. The SMILES string of the molecule is C=C/C=C(\C=C)c1nnc(C(/C=C\C)=C/C=C\C)o1. The molecule has 0 aliphatic carbocycles. The predicted molar refractivity (Wildman–Crippen MR) is 80.3 cm³/mol. The number of hydrogen-bond acceptors (Lipinski definition) is 3. The van der Waals surface area contributed by atoms with Crippen molar-refractivity contribution in [2.75, 3.05) is 0 Å². The number of allylic oxidation sites excluding steroid dienone is 10. The van der Waals surface area contributed by atoms with Gasteiger partial charge in [0.1, 0.15) is 0 Å². The van der Waals surface area contributed by atoms with Crippen molar-refractivity contribution in [1.29, 1.82) is 0 Å². The van der Waals surface area contributed by atoms with Gasteiger partial charge in [-0.3, -0.25) is 0 Å². The lowest BCUT2D eigenvalue weighted by Gasteiger charge is -1.94. The quantitative estimate of drug-likeness (QED) is 0.708. The van der Waals surface area contributed by atoms with Crippen molar-refractivity contribution in [3.63, 3.8) is 0 Å². The molecule has 0 saturated heterocycles. The zero-order valence-corrected chi connectivity index (χ0v) is 11.3. The second-order valence-electron chi connectivity index (χ2n) is 3.62. The van der Waals surface area contributed by atoms with Gasteiger partial charge in [0.15, 0.2) is 0 Å². The van der Waals surface area contributed by atoms with Crippen LogP contribution in [0.5, 0.6) is 0 Å². The first kappa shape index (κ1) is 14.6. The number of aromatic nitrogens is 2. The molecule has 0 spiro atoms. The minimum Gasteiger partial charge on any atom is -0.416 e. The van der Waals surface area contributed by atoms with Crippen LogP contribution < -0.4 is 0 Å². The summed E-state index contributed by atoms with van der Waals surface area (Å²) in [6, 6.07) is 0. The van der Waals surface area contributed by atoms with Crippen LogP contribution >= 0.6 is 0 Å². The molecular weight excluding hydrogens is 236 g/mol. The number of nitrogens with zero attached hydrogens (tertiary/aromatic N) is 2. The van der Waals surface area contributed by atoms with Gasteiger partial charge in [0.2, 0.25) is 11.8 Å². The van der Waals surface area contributed by atoms with E-state index in [1.807, 2.05) is 44.2 Å². The summed E-state index contributed by atoms with van der Waals surface area (Å²) >= 11 is 0. The van der Waals surface area contributed by atoms with Crippen LogP contribution in [-0.2, 0) is 0 Å². The number of rotatable bonds is 6. The summed E-state index contributed by atoms with van der Waals surface area (Å²) in [4.78, 5) is 0. The monoisotopic (exact) mass is 254 g/mol. The fourth-order valence-electron chi connectivity index (χ4n) is 1.39. The molecule has 0 bridgehead atoms. The summed E-state index contributed by atoms with van der Waals surface area (Å²) in [5.41, 5.74) is 1.61. The van der Waals surface area contributed by atoms with Gasteiger partial charge in [0.05, 0.1) is 0 Å². The molecule has 0 radical (unpaired) electrons. The van der Waals surface area contributed by atoms with E-state index in [4.69, 9.17) is 4.42 Å². The molecule has 0 saturated carbocycles. The van der Waals surface area contributed by atoms with Gasteiger partial charge >= 0.3 is 0 Å². The standard InChI is InChI=1S/C16H18N2O/c1-5-9-12-14(11-7-3)16-18-17-15(19-16)13(8-4)10-6-2/h5-12H,2,4H2,1,3H3/b9-5-,11-7-,13-10+,14-12+. The average Bonchev–Trinajstić information content (AvgIpc) is 2.90. The van der Waals surface area contributed by atoms with E-state index in [0.29, 0.717) is 11.8 Å². The molecule has 1 aromatic rings. The summed E-state index contributed by atoms with van der Waals surface area (Å²) < 4.78 is 5.64. The molecule has 0 amide bonds. The Balaban J connectivity index is 3.16. The van der Waals surface area contributed by atoms with Crippen molar-refractivity contribution in [1.82, 2.24) is 10.2 Å². The fourth-order valence-corrected chi connectivity index (χ4v) is 1.39. The maximum Gasteiger partial charge on any atom is 0.248 e. The topological polar surface area (TPSA) is 38.9 Å². The van der Waals surface area contributed by atoms with E-state index in [1.54, 1.807) is 18.2 Å². The largest absolute Gasteiger partial charge is 0.416 e. The third kappa shape index (κ3) is 4.07. The Kier molecular flexibility index (Phi) is 6.03. The van der Waals surface area contributed by atoms with E-state index in [-0.39, 0.29) is 0 Å². The average molecular weight is 254 g/mol. The van der Waals surface area contributed by atoms with Crippen molar-refractivity contribution in [2.24, 2.45) is 0 Å². The third-order valence-electron chi connectivity index (χ3n) is 2.25. The molecule has 0 aliphatic rings. The highest BCUT2D eigenvalue weighted by Crippen LogP contribution is 2.19. The first-order valence-corrected chi connectivity index (χ1v) is 6.01. The Morgan fingerprint density at radius 1 is 1.00 bits per heavy atom. The van der Waals surface area contributed by atoms with E-state index in [0.717, 1.165) is 11.1 Å². The van der Waals surface area contributed by atoms with Gasteiger partial charge in [-0.05, 0) is 19.9 Å². The lowest BCUT2D eigenvalue weighted by molar-refractivity contribution is 0.527. The predicted octanol–water partition coefficient (Wildman–Crippen LogP) is 4.36. The second-order valence-corrected chi connectivity index (χ2v) is 3.62. The molecule has 0 unspecified atom stereocenters. The molecule has 0 aromatic carbocycles. The lowest BCUT2D eigenvalue weighted by Crippen LogP contribution is -1.80. The van der Waals surface area contributed by atoms with E-state index in [2.05, 4.69) is 23.4 Å². The molecule has 0 fully saturated rings. The van der Waals surface area contributed by atoms with Gasteiger partial charge in [-0.1, -0.05) is 55.7 Å². The van der Waals surface area contributed by atoms with Crippen LogP contribution in [0.25, 0.3) is 11.1 Å². The van der Waals surface area contributed by atoms with E-state index < -0.39 is 0 Å². The summed E-state index contributed by atoms with van der Waals surface area (Å²) in [5.74, 6) is 0.906. The van der Waals surface area contributed by atoms with Crippen LogP contribution in [0.4, 0.5) is 0 Å². The first-order valence-electron chi connectivity index (χ1n) is 6.01. The first-order chi connectivity index (χ1) is 9.26. The minimum absolute atomic E-state index is 0.431. The van der Waals surface area contributed by atoms with Crippen LogP contribution in [0.1, 0.15) is 25.6 Å². The van der Waals surface area contributed by atoms with E-state index in [1.165, 1.54) is 0 Å². The maximum atomic E-state index is 5.64. The van der Waals surface area contributed by atoms with Gasteiger partial charge in [-0.2, -0.15) is 0 Å². The van der Waals surface area contributed by atoms with Crippen LogP contribution in [-0.4, -0.2) is 10.2 Å². The van der Waals surface area contributed by atoms with Crippen molar-refractivity contribution >= 4 is 11.1 Å². The smallest absolute Gasteiger partial charge is 0.248 e. The zero-order valence-electron chi connectivity index (χ0n) is 11.3. The van der Waals surface area contributed by atoms with Gasteiger partial charge in [0, 0.05) is 11.1 Å². The zero-order chi connectivity index (χ0) is 14.1. The van der Waals surface area contributed by atoms with Crippen molar-refractivity contribution in [3.05, 3.63) is 73.5 Å². The van der Waals surface area contributed by atoms with Gasteiger partial charge < -0.3 is 4.42 Å². The molecule has 0 atom stereocenters. The number of hydrogen-bond donors (Lipinski definition) is 0. The van der Waals surface area contributed by atoms with Crippen LogP contribution in [0.2, 0.25) is 0 Å². The molecular formula is C16H18N2O. The normalized spacial score (nSPS) is 13.4. The van der Waals surface area contributed by atoms with Crippen molar-refractivity contribution in [3.8, 4) is 0 Å². The Bertz CT molecular complexity index is 557. The maximum absolute atomic E-state index is 5.64. The van der Waals surface area contributed by atoms with Gasteiger partial charge in [0.25, 0.3) is 0 Å². The van der Waals surface area contributed by atoms with Crippen LogP contribution in [0.3, 0.4) is 0 Å². The highest BCUT2D eigenvalue weighted by atomic mass is 16.4. The Hall–Kier alpha value is -2.42. The van der Waals surface area contributed by atoms with Crippen LogP contribution in [0, 0.1) is 0 Å². The van der Waals surface area contributed by atoms with Crippen molar-refractivity contribution < 1.29 is 4.42 Å². The van der Waals surface area contributed by atoms with E-state index >= 15 is 0 Å². The van der Waals surface area contributed by atoms with Crippen molar-refractivity contribution in [2.45, 2.75) is 13.8 Å². The lowest BCUT2D eigenvalue weighted by atomic mass is 10.2. The highest BCUT2D eigenvalue weighted by Gasteiger charge is 2.10. The Morgan fingerprint density at radius 2 is 1.68 bits per heavy atom. The van der Waals surface area contributed by atoms with Gasteiger partial charge in [-0.25, -0.2) is 0 Å². The molecule has 0 aliphatic heterocycles. The van der Waals surface area contributed by atoms with Gasteiger partial charge in [-0.15, -0.1) is 10.2 Å². The Labute approximate surface area is 114 Å². The van der Waals surface area contributed by atoms with Crippen LogP contribution in [0.15, 0.2) is 66.2 Å². The third-order valence-corrected chi connectivity index (χ3v) is 2.25. The Morgan fingerprint density at radius 3 is 2.21 bits per heavy atom. The molecule has 98 valence electrons. The summed E-state index contributed by atoms with van der Waals surface area (Å²) in [6.45, 7) is 11.2. The minimum atomic E-state index is 0.431. The molecule has 3 nitrogen and oxygen atoms in total. The summed E-state index contributed by atoms with van der Waals surface area (Å²) in [7, 11) is 0. The second kappa shape index (κ2) is 7.82. The molecule has 3 heteroatoms. The highest BCUT2D eigenvalue weighted by molar-refractivity contribution is 5.72. The summed E-state index contributed by atoms with van der Waals surface area (Å²) in [5, 5.41) is 8.06.